The second-order valence-corrected chi connectivity index (χ2v) is 9.79. The highest BCUT2D eigenvalue weighted by atomic mass is 16.8. The summed E-state index contributed by atoms with van der Waals surface area (Å²) in [4.78, 5) is 13.7. The molecular weight excluding hydrogens is 552 g/mol. The van der Waals surface area contributed by atoms with Gasteiger partial charge in [0.1, 0.15) is 58.2 Å². The first-order valence-corrected chi connectivity index (χ1v) is 12.4. The van der Waals surface area contributed by atoms with Crippen molar-refractivity contribution >= 4 is 11.0 Å². The average molecular weight is 580 g/mol. The second-order valence-electron chi connectivity index (χ2n) is 9.79. The Hall–Kier alpha value is -3.51. The third-order valence-corrected chi connectivity index (χ3v) is 6.98. The van der Waals surface area contributed by atoms with E-state index >= 15 is 0 Å². The number of benzene rings is 2. The number of rotatable bonds is 7. The van der Waals surface area contributed by atoms with Crippen LogP contribution in [0.15, 0.2) is 45.6 Å². The van der Waals surface area contributed by atoms with Crippen LogP contribution in [0.25, 0.3) is 22.3 Å². The number of hydrogen-bond donors (Lipinski definition) is 9. The zero-order chi connectivity index (χ0) is 29.6. The number of aromatic hydroxyl groups is 3. The van der Waals surface area contributed by atoms with Crippen molar-refractivity contribution in [3.05, 3.63) is 46.6 Å². The van der Waals surface area contributed by atoms with Gasteiger partial charge in [-0.05, 0) is 24.3 Å². The maximum atomic E-state index is 13.7. The molecule has 2 saturated heterocycles. The van der Waals surface area contributed by atoms with E-state index in [0.29, 0.717) is 0 Å². The van der Waals surface area contributed by atoms with E-state index in [4.69, 9.17) is 23.4 Å². The maximum absolute atomic E-state index is 13.7. The first kappa shape index (κ1) is 29.0. The summed E-state index contributed by atoms with van der Waals surface area (Å²) < 4.78 is 28.1. The molecule has 0 saturated carbocycles. The predicted octanol–water partition coefficient (Wildman–Crippen LogP) is -1.78. The van der Waals surface area contributed by atoms with E-state index in [1.165, 1.54) is 24.3 Å². The minimum Gasteiger partial charge on any atom is -0.508 e. The number of aliphatic hydroxyl groups excluding tert-OH is 5. The summed E-state index contributed by atoms with van der Waals surface area (Å²) in [7, 11) is 0. The van der Waals surface area contributed by atoms with Crippen LogP contribution in [0.4, 0.5) is 0 Å². The van der Waals surface area contributed by atoms with Crippen LogP contribution in [0, 0.1) is 0 Å². The van der Waals surface area contributed by atoms with Crippen LogP contribution < -0.4 is 10.2 Å². The van der Waals surface area contributed by atoms with Gasteiger partial charge in [-0.1, -0.05) is 0 Å². The van der Waals surface area contributed by atoms with Crippen molar-refractivity contribution in [2.75, 3.05) is 19.8 Å². The molecular formula is C26H28O15. The lowest BCUT2D eigenvalue weighted by Gasteiger charge is -2.42. The fourth-order valence-electron chi connectivity index (χ4n) is 4.65. The maximum Gasteiger partial charge on any atom is 0.239 e. The van der Waals surface area contributed by atoms with Gasteiger partial charge in [-0.2, -0.15) is 0 Å². The molecule has 8 atom stereocenters. The number of ether oxygens (including phenoxy) is 4. The Bertz CT molecular complexity index is 1460. The molecule has 15 heteroatoms. The summed E-state index contributed by atoms with van der Waals surface area (Å²) in [6, 6.07) is 7.30. The Morgan fingerprint density at radius 2 is 1.66 bits per heavy atom. The van der Waals surface area contributed by atoms with Crippen LogP contribution in [-0.4, -0.2) is 114 Å². The Morgan fingerprint density at radius 1 is 0.951 bits per heavy atom. The lowest BCUT2D eigenvalue weighted by molar-refractivity contribution is -0.319. The fourth-order valence-corrected chi connectivity index (χ4v) is 4.65. The lowest BCUT2D eigenvalue weighted by Crippen LogP contribution is -2.62. The van der Waals surface area contributed by atoms with Crippen LogP contribution in [0.5, 0.6) is 23.0 Å². The van der Waals surface area contributed by atoms with Crippen LogP contribution in [-0.2, 0) is 14.2 Å². The number of phenolic OH excluding ortho intramolecular Hbond substituents is 3. The van der Waals surface area contributed by atoms with Crippen LogP contribution >= 0.6 is 0 Å². The van der Waals surface area contributed by atoms with E-state index in [9.17, 15) is 50.8 Å². The number of aliphatic hydroxyl groups is 6. The molecule has 2 fully saturated rings. The minimum atomic E-state index is -2.09. The zero-order valence-electron chi connectivity index (χ0n) is 21.1. The van der Waals surface area contributed by atoms with E-state index in [1.807, 2.05) is 0 Å². The van der Waals surface area contributed by atoms with E-state index < -0.39 is 96.6 Å². The minimum absolute atomic E-state index is 0.112. The highest BCUT2D eigenvalue weighted by Gasteiger charge is 2.53. The Labute approximate surface area is 230 Å². The number of hydrogen-bond acceptors (Lipinski definition) is 15. The van der Waals surface area contributed by atoms with Gasteiger partial charge in [0.2, 0.25) is 17.5 Å². The van der Waals surface area contributed by atoms with Gasteiger partial charge in [-0.3, -0.25) is 4.79 Å². The standard InChI is InChI=1S/C26H28O15/c27-7-15-17(32)19(34)22(41-25-23(35)26(36,8-28)9-37-25)24(39-15)40-21-18(33)16-13(31)5-12(30)6-14(16)38-20(21)10-1-3-11(29)4-2-10/h1-6,15,17,19,22-25,27-32,34-36H,7-9H2/t15-,17+,19+,22-,23+,24+,25+,26-/m1/s1. The molecule has 0 amide bonds. The third kappa shape index (κ3) is 5.19. The Balaban J connectivity index is 1.60. The van der Waals surface area contributed by atoms with Crippen molar-refractivity contribution in [1.82, 2.24) is 0 Å². The van der Waals surface area contributed by atoms with Crippen molar-refractivity contribution in [3.63, 3.8) is 0 Å². The van der Waals surface area contributed by atoms with Gasteiger partial charge in [-0.25, -0.2) is 0 Å². The molecule has 0 unspecified atom stereocenters. The van der Waals surface area contributed by atoms with Gasteiger partial charge < -0.3 is 69.3 Å². The quantitative estimate of drug-likeness (QED) is 0.150. The highest BCUT2D eigenvalue weighted by molar-refractivity contribution is 5.88. The molecule has 0 aliphatic carbocycles. The SMILES string of the molecule is O=c1c(O[C@@H]2O[C@H](CO)[C@H](O)[C@H](O)[C@H]2O[C@@H]2OC[C@](O)(CO)[C@H]2O)c(-c2ccc(O)cc2)oc2cc(O)cc(O)c12. The molecule has 0 radical (unpaired) electrons. The topological polar surface area (TPSA) is 249 Å². The highest BCUT2D eigenvalue weighted by Crippen LogP contribution is 2.38. The van der Waals surface area contributed by atoms with E-state index in [0.717, 1.165) is 12.1 Å². The molecule has 1 aromatic heterocycles. The van der Waals surface area contributed by atoms with Crippen molar-refractivity contribution in [2.45, 2.75) is 48.7 Å². The first-order valence-electron chi connectivity index (χ1n) is 12.4. The molecule has 2 aliphatic heterocycles. The summed E-state index contributed by atoms with van der Waals surface area (Å²) in [5, 5.41) is 90.9. The van der Waals surface area contributed by atoms with Gasteiger partial charge in [0.25, 0.3) is 0 Å². The number of phenols is 3. The summed E-state index contributed by atoms with van der Waals surface area (Å²) >= 11 is 0. The summed E-state index contributed by atoms with van der Waals surface area (Å²) in [6.45, 7) is -2.23. The van der Waals surface area contributed by atoms with E-state index in [2.05, 4.69) is 0 Å². The monoisotopic (exact) mass is 580 g/mol. The van der Waals surface area contributed by atoms with Gasteiger partial charge in [0, 0.05) is 17.7 Å². The van der Waals surface area contributed by atoms with Crippen LogP contribution in [0.3, 0.4) is 0 Å². The molecule has 15 nitrogen and oxygen atoms in total. The normalized spacial score (nSPS) is 31.9. The molecule has 0 bridgehead atoms. The molecule has 2 aromatic carbocycles. The summed E-state index contributed by atoms with van der Waals surface area (Å²) in [6.07, 6.45) is -12.0. The van der Waals surface area contributed by atoms with Crippen molar-refractivity contribution in [1.29, 1.82) is 0 Å². The van der Waals surface area contributed by atoms with Gasteiger partial charge in [-0.15, -0.1) is 0 Å². The van der Waals surface area contributed by atoms with Gasteiger partial charge in [0.05, 0.1) is 19.8 Å². The predicted molar refractivity (Wildman–Crippen MR) is 134 cm³/mol. The molecule has 3 heterocycles. The molecule has 3 aromatic rings. The van der Waals surface area contributed by atoms with Crippen LogP contribution in [0.2, 0.25) is 0 Å². The van der Waals surface area contributed by atoms with Crippen LogP contribution in [0.1, 0.15) is 0 Å². The zero-order valence-corrected chi connectivity index (χ0v) is 21.1. The van der Waals surface area contributed by atoms with E-state index in [1.54, 1.807) is 0 Å². The molecule has 222 valence electrons. The molecule has 9 N–H and O–H groups in total. The Kier molecular flexibility index (Phi) is 7.82. The van der Waals surface area contributed by atoms with Gasteiger partial charge >= 0.3 is 0 Å². The second kappa shape index (κ2) is 11.1. The average Bonchev–Trinajstić information content (AvgIpc) is 3.22. The molecule has 41 heavy (non-hydrogen) atoms. The van der Waals surface area contributed by atoms with Crippen molar-refractivity contribution < 1.29 is 69.3 Å². The van der Waals surface area contributed by atoms with Gasteiger partial charge in [0.15, 0.2) is 18.2 Å². The lowest BCUT2D eigenvalue weighted by atomic mass is 9.98. The van der Waals surface area contributed by atoms with E-state index in [-0.39, 0.29) is 22.7 Å². The first-order chi connectivity index (χ1) is 19.5. The van der Waals surface area contributed by atoms with Crippen molar-refractivity contribution in [2.24, 2.45) is 0 Å². The smallest absolute Gasteiger partial charge is 0.239 e. The molecule has 5 rings (SSSR count). The Morgan fingerprint density at radius 3 is 2.29 bits per heavy atom. The summed E-state index contributed by atoms with van der Waals surface area (Å²) in [5.41, 5.74) is -3.09. The molecule has 0 spiro atoms. The molecule has 2 aliphatic rings. The fraction of sp³-hybridized carbons (Fsp3) is 0.423. The van der Waals surface area contributed by atoms with Crippen molar-refractivity contribution in [3.8, 4) is 34.3 Å². The third-order valence-electron chi connectivity index (χ3n) is 6.98. The largest absolute Gasteiger partial charge is 0.508 e. The number of fused-ring (bicyclic) bond motifs is 1. The summed E-state index contributed by atoms with van der Waals surface area (Å²) in [5.74, 6) is -2.03.